The van der Waals surface area contributed by atoms with Crippen LogP contribution in [0.1, 0.15) is 120 Å². The van der Waals surface area contributed by atoms with Gasteiger partial charge in [0, 0.05) is 24.8 Å². The first-order valence-corrected chi connectivity index (χ1v) is 20.0. The second-order valence-corrected chi connectivity index (χ2v) is 17.6. The van der Waals surface area contributed by atoms with Crippen molar-refractivity contribution in [1.29, 1.82) is 0 Å². The van der Waals surface area contributed by atoms with Gasteiger partial charge in [-0.1, -0.05) is 56.6 Å². The van der Waals surface area contributed by atoms with Gasteiger partial charge in [-0.3, -0.25) is 24.0 Å². The second kappa shape index (κ2) is 15.0. The predicted octanol–water partition coefficient (Wildman–Crippen LogP) is 2.08. The highest BCUT2D eigenvalue weighted by atomic mass is 32.2. The van der Waals surface area contributed by atoms with E-state index in [-0.39, 0.29) is 48.6 Å². The van der Waals surface area contributed by atoms with Crippen molar-refractivity contribution in [3.8, 4) is 0 Å². The average molecular weight is 742 g/mol. The molecule has 0 bridgehead atoms. The van der Waals surface area contributed by atoms with E-state index in [1.165, 1.54) is 40.0 Å². The summed E-state index contributed by atoms with van der Waals surface area (Å²) in [5.41, 5.74) is 1.62. The number of nitrogens with two attached hydrogens (primary N) is 1. The minimum Gasteiger partial charge on any atom is -0.384 e. The Morgan fingerprint density at radius 1 is 0.981 bits per heavy atom. The highest BCUT2D eigenvalue weighted by Crippen LogP contribution is 2.37. The van der Waals surface area contributed by atoms with E-state index in [0.29, 0.717) is 18.5 Å². The van der Waals surface area contributed by atoms with Crippen molar-refractivity contribution in [1.82, 2.24) is 30.5 Å². The fraction of sp³-hybridized carbons (Fsp3) is 0.639. The van der Waals surface area contributed by atoms with Gasteiger partial charge in [0.15, 0.2) is 9.84 Å². The molecule has 2 aliphatic carbocycles. The van der Waals surface area contributed by atoms with Gasteiger partial charge in [-0.15, -0.1) is 5.10 Å². The van der Waals surface area contributed by atoms with Crippen LogP contribution in [0, 0.1) is 5.92 Å². The van der Waals surface area contributed by atoms with Gasteiger partial charge >= 0.3 is 0 Å². The van der Waals surface area contributed by atoms with Gasteiger partial charge in [0.05, 0.1) is 22.8 Å². The van der Waals surface area contributed by atoms with Gasteiger partial charge in [-0.05, 0) is 70.2 Å². The molecule has 3 aliphatic rings. The fourth-order valence-corrected chi connectivity index (χ4v) is 8.82. The lowest BCUT2D eigenvalue weighted by molar-refractivity contribution is -0.147. The van der Waals surface area contributed by atoms with Crippen LogP contribution >= 0.6 is 0 Å². The number of hydrogen-bond donors (Lipinski definition) is 4. The quantitative estimate of drug-likeness (QED) is 0.232. The van der Waals surface area contributed by atoms with Crippen LogP contribution < -0.4 is 16.4 Å². The molecule has 15 nitrogen and oxygen atoms in total. The van der Waals surface area contributed by atoms with E-state index in [0.717, 1.165) is 44.8 Å². The first-order chi connectivity index (χ1) is 24.3. The van der Waals surface area contributed by atoms with Crippen LogP contribution in [0.25, 0.3) is 0 Å². The molecule has 3 atom stereocenters. The number of carbonyl (C=O) groups is 5. The van der Waals surface area contributed by atoms with Crippen molar-refractivity contribution in [3.05, 3.63) is 41.7 Å². The first kappa shape index (κ1) is 39.0. The molecule has 0 spiro atoms. The monoisotopic (exact) mass is 741 g/mol. The number of carbonyl (C=O) groups excluding carboxylic acids is 5. The lowest BCUT2D eigenvalue weighted by Crippen LogP contribution is -2.64. The number of amides is 4. The second-order valence-electron chi connectivity index (χ2n) is 15.6. The fourth-order valence-electron chi connectivity index (χ4n) is 8.19. The smallest absolute Gasteiger partial charge is 0.287 e. The number of nitrogens with one attached hydrogen (secondary N) is 2. The average Bonchev–Trinajstić information content (AvgIpc) is 3.77. The maximum Gasteiger partial charge on any atom is 0.287 e. The van der Waals surface area contributed by atoms with Gasteiger partial charge in [-0.25, -0.2) is 13.1 Å². The number of sulfone groups is 1. The van der Waals surface area contributed by atoms with Crippen LogP contribution in [-0.4, -0.2) is 92.8 Å². The molecule has 16 heteroatoms. The van der Waals surface area contributed by atoms with Crippen LogP contribution in [-0.2, 0) is 34.6 Å². The van der Waals surface area contributed by atoms with E-state index < -0.39 is 68.0 Å². The zero-order valence-corrected chi connectivity index (χ0v) is 31.2. The van der Waals surface area contributed by atoms with Gasteiger partial charge < -0.3 is 26.4 Å². The van der Waals surface area contributed by atoms with Gasteiger partial charge in [0.25, 0.3) is 11.8 Å². The molecule has 3 fully saturated rings. The van der Waals surface area contributed by atoms with E-state index in [2.05, 4.69) is 20.9 Å². The van der Waals surface area contributed by atoms with Crippen LogP contribution in [0.15, 0.2) is 35.4 Å². The predicted molar refractivity (Wildman–Crippen MR) is 189 cm³/mol. The van der Waals surface area contributed by atoms with Crippen LogP contribution in [0.5, 0.6) is 0 Å². The third-order valence-corrected chi connectivity index (χ3v) is 12.1. The third-order valence-electron chi connectivity index (χ3n) is 10.9. The minimum atomic E-state index is -3.50. The third kappa shape index (κ3) is 8.38. The minimum absolute atomic E-state index is 0.0285. The molecular weight excluding hydrogens is 691 g/mol. The topological polar surface area (TPSA) is 224 Å². The standard InChI is InChI=1S/C36H51N7O8S/c1-34(2,49)28-21-38-41-43(28)25-19-27(32(47)40-36(29(44)30(37)45)17-9-6-10-18-36)42(22-25)33(48)35(3,20-23-11-7-5-8-12-23)39-31(46)24-13-15-26(16-14-24)52(4,50)51/h13-16,21,23,25,27,49H,5-12,17-20,22H2,1-4H3,(H2,37,45)(H,39,46)(H,40,47). The number of aliphatic hydroxyl groups is 1. The molecule has 2 saturated carbocycles. The summed E-state index contributed by atoms with van der Waals surface area (Å²) in [6, 6.07) is 3.69. The summed E-state index contributed by atoms with van der Waals surface area (Å²) in [6.45, 7) is 4.77. The molecule has 1 aliphatic heterocycles. The molecule has 1 saturated heterocycles. The molecule has 2 heterocycles. The molecular formula is C36H51N7O8S. The summed E-state index contributed by atoms with van der Waals surface area (Å²) in [4.78, 5) is 70.1. The molecule has 0 radical (unpaired) electrons. The Hall–Kier alpha value is -4.18. The zero-order chi connectivity index (χ0) is 38.1. The van der Waals surface area contributed by atoms with Gasteiger partial charge in [0.1, 0.15) is 22.7 Å². The Morgan fingerprint density at radius 3 is 2.17 bits per heavy atom. The summed E-state index contributed by atoms with van der Waals surface area (Å²) >= 11 is 0. The number of benzene rings is 1. The maximum absolute atomic E-state index is 15.0. The Labute approximate surface area is 304 Å². The van der Waals surface area contributed by atoms with Crippen molar-refractivity contribution in [2.75, 3.05) is 12.8 Å². The van der Waals surface area contributed by atoms with Crippen molar-refractivity contribution in [3.63, 3.8) is 0 Å². The molecule has 284 valence electrons. The zero-order valence-electron chi connectivity index (χ0n) is 30.4. The summed E-state index contributed by atoms with van der Waals surface area (Å²) < 4.78 is 25.6. The van der Waals surface area contributed by atoms with E-state index in [1.807, 2.05) is 0 Å². The highest BCUT2D eigenvalue weighted by molar-refractivity contribution is 7.90. The molecule has 5 N–H and O–H groups in total. The van der Waals surface area contributed by atoms with E-state index in [1.54, 1.807) is 20.8 Å². The summed E-state index contributed by atoms with van der Waals surface area (Å²) in [5.74, 6) is -3.67. The van der Waals surface area contributed by atoms with E-state index >= 15 is 4.79 Å². The van der Waals surface area contributed by atoms with E-state index in [9.17, 15) is 32.7 Å². The van der Waals surface area contributed by atoms with Crippen LogP contribution in [0.2, 0.25) is 0 Å². The Balaban J connectivity index is 1.52. The largest absolute Gasteiger partial charge is 0.384 e. The normalized spacial score (nSPS) is 22.3. The Morgan fingerprint density at radius 2 is 1.60 bits per heavy atom. The van der Waals surface area contributed by atoms with Crippen LogP contribution in [0.3, 0.4) is 0 Å². The summed E-state index contributed by atoms with van der Waals surface area (Å²) in [5, 5.41) is 24.9. The highest BCUT2D eigenvalue weighted by Gasteiger charge is 2.51. The van der Waals surface area contributed by atoms with Crippen LogP contribution in [0.4, 0.5) is 0 Å². The van der Waals surface area contributed by atoms with E-state index in [4.69, 9.17) is 5.73 Å². The molecule has 1 aromatic heterocycles. The molecule has 3 unspecified atom stereocenters. The number of rotatable bonds is 12. The van der Waals surface area contributed by atoms with Crippen molar-refractivity contribution < 1.29 is 37.5 Å². The summed E-state index contributed by atoms with van der Waals surface area (Å²) in [6.07, 6.45) is 10.1. The number of aromatic nitrogens is 3. The SMILES string of the molecule is CC(CC1CCCCC1)(NC(=O)c1ccc(S(C)(=O)=O)cc1)C(=O)N1CC(n2nncc2C(C)(C)O)CC1C(=O)NC1(C(=O)C(N)=O)CCCCC1. The number of nitrogens with zero attached hydrogens (tertiary/aromatic N) is 4. The number of hydrogen-bond acceptors (Lipinski definition) is 10. The number of primary amides is 1. The molecule has 1 aromatic carbocycles. The molecule has 5 rings (SSSR count). The number of ketones is 1. The molecule has 4 amide bonds. The maximum atomic E-state index is 15.0. The van der Waals surface area contributed by atoms with Crippen molar-refractivity contribution in [2.45, 2.75) is 131 Å². The van der Waals surface area contributed by atoms with Gasteiger partial charge in [0.2, 0.25) is 17.6 Å². The Kier molecular flexibility index (Phi) is 11.3. The Bertz CT molecular complexity index is 1790. The molecule has 52 heavy (non-hydrogen) atoms. The van der Waals surface area contributed by atoms with Crippen molar-refractivity contribution in [2.24, 2.45) is 11.7 Å². The number of Topliss-reactive ketones (excluding diaryl/α,β-unsaturated/α-hetero) is 1. The van der Waals surface area contributed by atoms with Gasteiger partial charge in [-0.2, -0.15) is 0 Å². The summed E-state index contributed by atoms with van der Waals surface area (Å²) in [7, 11) is -3.50. The number of likely N-dealkylation sites (tertiary alicyclic amines) is 1. The molecule has 2 aromatic rings. The lowest BCUT2D eigenvalue weighted by atomic mass is 9.78. The first-order valence-electron chi connectivity index (χ1n) is 18.1. The van der Waals surface area contributed by atoms with Crippen molar-refractivity contribution >= 4 is 39.2 Å². The lowest BCUT2D eigenvalue weighted by Gasteiger charge is -2.40.